The van der Waals surface area contributed by atoms with Crippen LogP contribution in [-0.2, 0) is 0 Å². The predicted octanol–water partition coefficient (Wildman–Crippen LogP) is 2.85. The first kappa shape index (κ1) is 13.1. The van der Waals surface area contributed by atoms with Crippen LogP contribution in [0.25, 0.3) is 0 Å². The van der Waals surface area contributed by atoms with Crippen molar-refractivity contribution in [1.29, 1.82) is 0 Å². The molecule has 0 spiro atoms. The molecule has 1 aliphatic rings. The third-order valence-electron chi connectivity index (χ3n) is 2.40. The van der Waals surface area contributed by atoms with Crippen LogP contribution in [0, 0.1) is 5.41 Å². The van der Waals surface area contributed by atoms with Gasteiger partial charge >= 0.3 is 6.30 Å². The Hall–Kier alpha value is -0.940. The molecule has 1 atom stereocenters. The third-order valence-corrected chi connectivity index (χ3v) is 2.40. The second-order valence-corrected chi connectivity index (χ2v) is 5.11. The lowest BCUT2D eigenvalue weighted by Crippen LogP contribution is -2.48. The van der Waals surface area contributed by atoms with Gasteiger partial charge in [-0.25, -0.2) is 0 Å². The Balaban J connectivity index is 2.83. The summed E-state index contributed by atoms with van der Waals surface area (Å²) >= 11 is 0. The summed E-state index contributed by atoms with van der Waals surface area (Å²) in [5.41, 5.74) is -0.171. The van der Waals surface area contributed by atoms with E-state index in [0.717, 1.165) is 6.34 Å². The molecule has 0 N–H and O–H groups in total. The number of rotatable bonds is 2. The zero-order valence-corrected chi connectivity index (χ0v) is 10.0. The van der Waals surface area contributed by atoms with Crippen LogP contribution in [-0.4, -0.2) is 35.3 Å². The highest BCUT2D eigenvalue weighted by molar-refractivity contribution is 5.57. The Morgan fingerprint density at radius 1 is 1.25 bits per heavy atom. The van der Waals surface area contributed by atoms with Gasteiger partial charge in [0.15, 0.2) is 0 Å². The Morgan fingerprint density at radius 2 is 1.81 bits per heavy atom. The van der Waals surface area contributed by atoms with Gasteiger partial charge < -0.3 is 0 Å². The topological polar surface area (TPSA) is 18.8 Å². The van der Waals surface area contributed by atoms with Gasteiger partial charge in [0.1, 0.15) is 12.5 Å². The number of nitrogens with zero attached hydrogens (tertiary/aromatic N) is 3. The van der Waals surface area contributed by atoms with Gasteiger partial charge in [-0.05, 0) is 18.8 Å². The lowest BCUT2D eigenvalue weighted by atomic mass is 9.90. The predicted molar refractivity (Wildman–Crippen MR) is 56.6 cm³/mol. The highest BCUT2D eigenvalue weighted by atomic mass is 19.4. The molecule has 1 aliphatic heterocycles. The van der Waals surface area contributed by atoms with Gasteiger partial charge in [-0.15, -0.1) is 13.2 Å². The quantitative estimate of drug-likeness (QED) is 0.688. The van der Waals surface area contributed by atoms with Gasteiger partial charge in [-0.3, -0.25) is 9.91 Å². The molecule has 94 valence electrons. The monoisotopic (exact) mass is 237 g/mol. The van der Waals surface area contributed by atoms with Crippen LogP contribution in [0.4, 0.5) is 13.2 Å². The van der Waals surface area contributed by atoms with Crippen LogP contribution < -0.4 is 0 Å². The number of hydrazone groups is 1. The number of alkyl halides is 3. The highest BCUT2D eigenvalue weighted by Gasteiger charge is 2.46. The fourth-order valence-corrected chi connectivity index (χ4v) is 1.70. The number of hydrogen-bond donors (Lipinski definition) is 0. The zero-order valence-electron chi connectivity index (χ0n) is 10.0. The SMILES string of the molecule is CCN1N=CN(C(F)(F)F)C1CC(C)(C)C. The Kier molecular flexibility index (Phi) is 3.40. The summed E-state index contributed by atoms with van der Waals surface area (Å²) in [6.45, 7) is 8.05. The van der Waals surface area contributed by atoms with Crippen LogP contribution in [0.5, 0.6) is 0 Å². The summed E-state index contributed by atoms with van der Waals surface area (Å²) in [4.78, 5) is 0.377. The zero-order chi connectivity index (χ0) is 12.6. The normalized spacial score (nSPS) is 22.1. The molecule has 0 saturated heterocycles. The molecular weight excluding hydrogens is 219 g/mol. The molecule has 6 heteroatoms. The summed E-state index contributed by atoms with van der Waals surface area (Å²) in [6.07, 6.45) is -3.78. The van der Waals surface area contributed by atoms with E-state index in [0.29, 0.717) is 17.9 Å². The van der Waals surface area contributed by atoms with Gasteiger partial charge in [0, 0.05) is 6.54 Å². The van der Waals surface area contributed by atoms with Crippen LogP contribution in [0.3, 0.4) is 0 Å². The van der Waals surface area contributed by atoms with E-state index < -0.39 is 12.5 Å². The van der Waals surface area contributed by atoms with Crippen molar-refractivity contribution in [3.63, 3.8) is 0 Å². The van der Waals surface area contributed by atoms with Crippen molar-refractivity contribution in [2.75, 3.05) is 6.54 Å². The standard InChI is InChI=1S/C10H18F3N3/c1-5-16-8(6-9(2,3)4)15(7-14-16)10(11,12)13/h7-8H,5-6H2,1-4H3. The molecule has 0 aliphatic carbocycles. The first-order chi connectivity index (χ1) is 7.15. The lowest BCUT2D eigenvalue weighted by molar-refractivity contribution is -0.237. The number of halogens is 3. The lowest BCUT2D eigenvalue weighted by Gasteiger charge is -2.35. The van der Waals surface area contributed by atoms with Crippen LogP contribution in [0.15, 0.2) is 5.10 Å². The molecule has 0 radical (unpaired) electrons. The molecule has 16 heavy (non-hydrogen) atoms. The molecule has 0 saturated carbocycles. The first-order valence-corrected chi connectivity index (χ1v) is 5.31. The molecule has 0 amide bonds. The van der Waals surface area contributed by atoms with Crippen LogP contribution >= 0.6 is 0 Å². The van der Waals surface area contributed by atoms with Gasteiger partial charge in [0.25, 0.3) is 0 Å². The molecule has 1 rings (SSSR count). The smallest absolute Gasteiger partial charge is 0.273 e. The molecule has 1 heterocycles. The molecule has 0 aromatic heterocycles. The fraction of sp³-hybridized carbons (Fsp3) is 0.900. The first-order valence-electron chi connectivity index (χ1n) is 5.31. The average Bonchev–Trinajstić information content (AvgIpc) is 2.43. The second kappa shape index (κ2) is 4.14. The van der Waals surface area contributed by atoms with Gasteiger partial charge in [-0.1, -0.05) is 20.8 Å². The van der Waals surface area contributed by atoms with E-state index in [-0.39, 0.29) is 5.41 Å². The van der Waals surface area contributed by atoms with E-state index in [1.54, 1.807) is 6.92 Å². The second-order valence-electron chi connectivity index (χ2n) is 5.11. The average molecular weight is 237 g/mol. The summed E-state index contributed by atoms with van der Waals surface area (Å²) in [5, 5.41) is 5.25. The van der Waals surface area contributed by atoms with E-state index in [9.17, 15) is 13.2 Å². The Labute approximate surface area is 93.9 Å². The van der Waals surface area contributed by atoms with Crippen LogP contribution in [0.1, 0.15) is 34.1 Å². The van der Waals surface area contributed by atoms with E-state index in [1.807, 2.05) is 20.8 Å². The van der Waals surface area contributed by atoms with Crippen molar-refractivity contribution in [2.45, 2.75) is 46.6 Å². The van der Waals surface area contributed by atoms with Gasteiger partial charge in [-0.2, -0.15) is 5.10 Å². The molecule has 0 aromatic carbocycles. The van der Waals surface area contributed by atoms with Gasteiger partial charge in [0.2, 0.25) is 0 Å². The molecule has 1 unspecified atom stereocenters. The van der Waals surface area contributed by atoms with Crippen molar-refractivity contribution in [1.82, 2.24) is 9.91 Å². The van der Waals surface area contributed by atoms with Crippen molar-refractivity contribution in [2.24, 2.45) is 10.5 Å². The summed E-state index contributed by atoms with van der Waals surface area (Å²) in [7, 11) is 0. The summed E-state index contributed by atoms with van der Waals surface area (Å²) in [6, 6.07) is 0. The Bertz CT molecular complexity index is 267. The van der Waals surface area contributed by atoms with Crippen molar-refractivity contribution >= 4 is 6.34 Å². The molecular formula is C10H18F3N3. The molecule has 3 nitrogen and oxygen atoms in total. The van der Waals surface area contributed by atoms with Gasteiger partial charge in [0.05, 0.1) is 0 Å². The number of hydrogen-bond acceptors (Lipinski definition) is 3. The fourth-order valence-electron chi connectivity index (χ4n) is 1.70. The summed E-state index contributed by atoms with van der Waals surface area (Å²) < 4.78 is 38.1. The maximum atomic E-state index is 12.7. The van der Waals surface area contributed by atoms with E-state index in [1.165, 1.54) is 5.01 Å². The van der Waals surface area contributed by atoms with E-state index >= 15 is 0 Å². The van der Waals surface area contributed by atoms with E-state index in [2.05, 4.69) is 5.10 Å². The maximum absolute atomic E-state index is 12.7. The van der Waals surface area contributed by atoms with Crippen molar-refractivity contribution in [3.8, 4) is 0 Å². The van der Waals surface area contributed by atoms with E-state index in [4.69, 9.17) is 0 Å². The third kappa shape index (κ3) is 3.02. The van der Waals surface area contributed by atoms with Crippen molar-refractivity contribution in [3.05, 3.63) is 0 Å². The minimum absolute atomic E-state index is 0.171. The molecule has 0 aromatic rings. The largest absolute Gasteiger partial charge is 0.487 e. The molecule has 0 fully saturated rings. The minimum atomic E-state index is -4.36. The highest BCUT2D eigenvalue weighted by Crippen LogP contribution is 2.33. The summed E-state index contributed by atoms with van der Waals surface area (Å²) in [5.74, 6) is 0. The Morgan fingerprint density at radius 3 is 2.19 bits per heavy atom. The maximum Gasteiger partial charge on any atom is 0.487 e. The minimum Gasteiger partial charge on any atom is -0.273 e. The van der Waals surface area contributed by atoms with Crippen LogP contribution in [0.2, 0.25) is 0 Å². The van der Waals surface area contributed by atoms with Crippen molar-refractivity contribution < 1.29 is 13.2 Å². The molecule has 0 bridgehead atoms.